The minimum atomic E-state index is -0.203. The Kier molecular flexibility index (Phi) is 5.91. The Morgan fingerprint density at radius 2 is 2.00 bits per heavy atom. The number of hydrogen-bond donors (Lipinski definition) is 1. The van der Waals surface area contributed by atoms with Crippen LogP contribution < -0.4 is 14.8 Å². The molecule has 1 aliphatic heterocycles. The quantitative estimate of drug-likeness (QED) is 0.802. The molecule has 5 nitrogen and oxygen atoms in total. The van der Waals surface area contributed by atoms with Gasteiger partial charge in [0.25, 0.3) is 0 Å². The molecule has 20 heavy (non-hydrogen) atoms. The van der Waals surface area contributed by atoms with E-state index >= 15 is 0 Å². The van der Waals surface area contributed by atoms with E-state index in [9.17, 15) is 0 Å². The van der Waals surface area contributed by atoms with Crippen molar-refractivity contribution in [3.63, 3.8) is 0 Å². The molecule has 0 unspecified atom stereocenters. The molecule has 0 saturated carbocycles. The Bertz CT molecular complexity index is 437. The second-order valence-corrected chi connectivity index (χ2v) is 4.99. The van der Waals surface area contributed by atoms with Crippen LogP contribution in [-0.2, 0) is 16.0 Å². The molecule has 1 aromatic carbocycles. The zero-order valence-corrected chi connectivity index (χ0v) is 12.6. The molecule has 2 rings (SSSR count). The van der Waals surface area contributed by atoms with Crippen LogP contribution in [0.4, 0.5) is 0 Å². The number of halogens is 1. The van der Waals surface area contributed by atoms with Gasteiger partial charge in [-0.1, -0.05) is 11.6 Å². The predicted molar refractivity (Wildman–Crippen MR) is 75.4 cm³/mol. The molecule has 6 heteroatoms. The lowest BCUT2D eigenvalue weighted by Crippen LogP contribution is -2.85. The van der Waals surface area contributed by atoms with Crippen LogP contribution in [-0.4, -0.2) is 40.3 Å². The first kappa shape index (κ1) is 15.4. The highest BCUT2D eigenvalue weighted by molar-refractivity contribution is 6.32. The smallest absolute Gasteiger partial charge is 0.206 e. The van der Waals surface area contributed by atoms with Crippen molar-refractivity contribution >= 4 is 11.6 Å². The van der Waals surface area contributed by atoms with Crippen LogP contribution >= 0.6 is 11.6 Å². The molecular weight excluding hydrogens is 282 g/mol. The van der Waals surface area contributed by atoms with Gasteiger partial charge in [-0.15, -0.1) is 0 Å². The van der Waals surface area contributed by atoms with Crippen LogP contribution in [0.3, 0.4) is 0 Å². The molecule has 0 aromatic heterocycles. The van der Waals surface area contributed by atoms with Gasteiger partial charge in [0.1, 0.15) is 13.1 Å². The highest BCUT2D eigenvalue weighted by Gasteiger charge is 2.16. The first-order chi connectivity index (χ1) is 9.74. The predicted octanol–water partition coefficient (Wildman–Crippen LogP) is 1.18. The molecule has 112 valence electrons. The summed E-state index contributed by atoms with van der Waals surface area (Å²) < 4.78 is 21.6. The van der Waals surface area contributed by atoms with E-state index in [1.165, 1.54) is 0 Å². The summed E-state index contributed by atoms with van der Waals surface area (Å²) in [6.45, 7) is 2.80. The third-order valence-corrected chi connectivity index (χ3v) is 3.41. The van der Waals surface area contributed by atoms with Crippen molar-refractivity contribution in [2.75, 3.05) is 34.0 Å². The summed E-state index contributed by atoms with van der Waals surface area (Å²) in [4.78, 5) is 0. The summed E-state index contributed by atoms with van der Waals surface area (Å²) in [5.74, 6) is 1.38. The van der Waals surface area contributed by atoms with Crippen molar-refractivity contribution in [3.8, 4) is 11.5 Å². The monoisotopic (exact) mass is 302 g/mol. The standard InChI is InChI=1S/C14H20ClNO4/c1-17-13(18-2)9-16-8-10-6-11(15)14-12(7-10)19-4-3-5-20-14/h6-7,13,16H,3-5,8-9H2,1-2H3/p+1. The lowest BCUT2D eigenvalue weighted by molar-refractivity contribution is -0.682. The SMILES string of the molecule is COC(C[NH2+]Cc1cc(Cl)c2c(c1)OCCCO2)OC. The van der Waals surface area contributed by atoms with E-state index < -0.39 is 0 Å². The Labute approximate surface area is 124 Å². The maximum Gasteiger partial charge on any atom is 0.206 e. The molecule has 0 aliphatic carbocycles. The van der Waals surface area contributed by atoms with Gasteiger partial charge in [0.15, 0.2) is 11.5 Å². The molecule has 0 amide bonds. The molecule has 0 saturated heterocycles. The van der Waals surface area contributed by atoms with E-state index in [0.717, 1.165) is 30.8 Å². The summed E-state index contributed by atoms with van der Waals surface area (Å²) >= 11 is 6.25. The molecule has 1 aliphatic rings. The van der Waals surface area contributed by atoms with E-state index in [-0.39, 0.29) is 6.29 Å². The maximum atomic E-state index is 6.25. The Hall–Kier alpha value is -1.01. The lowest BCUT2D eigenvalue weighted by atomic mass is 10.2. The number of ether oxygens (including phenoxy) is 4. The zero-order chi connectivity index (χ0) is 14.4. The van der Waals surface area contributed by atoms with Gasteiger partial charge in [0.2, 0.25) is 6.29 Å². The van der Waals surface area contributed by atoms with Crippen LogP contribution in [0.5, 0.6) is 11.5 Å². The average Bonchev–Trinajstić information content (AvgIpc) is 2.69. The van der Waals surface area contributed by atoms with Gasteiger partial charge in [-0.25, -0.2) is 0 Å². The molecular formula is C14H21ClNO4+. The molecule has 0 bridgehead atoms. The number of benzene rings is 1. The first-order valence-electron chi connectivity index (χ1n) is 6.70. The van der Waals surface area contributed by atoms with Crippen molar-refractivity contribution in [1.29, 1.82) is 0 Å². The first-order valence-corrected chi connectivity index (χ1v) is 7.07. The summed E-state index contributed by atoms with van der Waals surface area (Å²) in [5, 5.41) is 2.70. The van der Waals surface area contributed by atoms with E-state index in [1.54, 1.807) is 14.2 Å². The third-order valence-electron chi connectivity index (χ3n) is 3.13. The number of fused-ring (bicyclic) bond motifs is 1. The van der Waals surface area contributed by atoms with E-state index in [0.29, 0.717) is 24.0 Å². The number of nitrogens with two attached hydrogens (primary N) is 1. The van der Waals surface area contributed by atoms with Crippen LogP contribution in [0.1, 0.15) is 12.0 Å². The van der Waals surface area contributed by atoms with Crippen molar-refractivity contribution in [3.05, 3.63) is 22.7 Å². The van der Waals surface area contributed by atoms with Crippen molar-refractivity contribution in [1.82, 2.24) is 0 Å². The molecule has 0 atom stereocenters. The van der Waals surface area contributed by atoms with Gasteiger partial charge in [-0.05, 0) is 12.1 Å². The lowest BCUT2D eigenvalue weighted by Gasteiger charge is -2.13. The van der Waals surface area contributed by atoms with Gasteiger partial charge in [0.05, 0.1) is 18.2 Å². The molecule has 0 fully saturated rings. The van der Waals surface area contributed by atoms with Crippen LogP contribution in [0, 0.1) is 0 Å². The fourth-order valence-electron chi connectivity index (χ4n) is 2.08. The second-order valence-electron chi connectivity index (χ2n) is 4.58. The average molecular weight is 303 g/mol. The number of quaternary nitrogens is 1. The highest BCUT2D eigenvalue weighted by Crippen LogP contribution is 2.37. The van der Waals surface area contributed by atoms with Crippen LogP contribution in [0.25, 0.3) is 0 Å². The van der Waals surface area contributed by atoms with Gasteiger partial charge < -0.3 is 24.3 Å². The third kappa shape index (κ3) is 3.99. The number of methoxy groups -OCH3 is 2. The second kappa shape index (κ2) is 7.69. The van der Waals surface area contributed by atoms with E-state index in [4.69, 9.17) is 30.5 Å². The summed E-state index contributed by atoms with van der Waals surface area (Å²) in [5.41, 5.74) is 1.09. The minimum absolute atomic E-state index is 0.203. The number of rotatable bonds is 6. The minimum Gasteiger partial charge on any atom is -0.489 e. The zero-order valence-electron chi connectivity index (χ0n) is 11.9. The van der Waals surface area contributed by atoms with Gasteiger partial charge in [-0.2, -0.15) is 0 Å². The van der Waals surface area contributed by atoms with Gasteiger partial charge in [0, 0.05) is 26.2 Å². The molecule has 1 aromatic rings. The molecule has 1 heterocycles. The maximum absolute atomic E-state index is 6.25. The molecule has 0 spiro atoms. The van der Waals surface area contributed by atoms with Gasteiger partial charge >= 0.3 is 0 Å². The summed E-state index contributed by atoms with van der Waals surface area (Å²) in [6.07, 6.45) is 0.668. The van der Waals surface area contributed by atoms with Gasteiger partial charge in [-0.3, -0.25) is 0 Å². The Balaban J connectivity index is 1.99. The van der Waals surface area contributed by atoms with E-state index in [1.807, 2.05) is 12.1 Å². The van der Waals surface area contributed by atoms with Crippen LogP contribution in [0.15, 0.2) is 12.1 Å². The molecule has 2 N–H and O–H groups in total. The fourth-order valence-corrected chi connectivity index (χ4v) is 2.36. The number of hydrogen-bond acceptors (Lipinski definition) is 4. The van der Waals surface area contributed by atoms with Crippen LogP contribution in [0.2, 0.25) is 5.02 Å². The normalized spacial score (nSPS) is 14.4. The van der Waals surface area contributed by atoms with E-state index in [2.05, 4.69) is 5.32 Å². The molecule has 0 radical (unpaired) electrons. The fraction of sp³-hybridized carbons (Fsp3) is 0.571. The summed E-state index contributed by atoms with van der Waals surface area (Å²) in [7, 11) is 3.26. The van der Waals surface area contributed by atoms with Crippen molar-refractivity contribution in [2.24, 2.45) is 0 Å². The largest absolute Gasteiger partial charge is 0.489 e. The van der Waals surface area contributed by atoms with Crippen molar-refractivity contribution < 1.29 is 24.3 Å². The Morgan fingerprint density at radius 1 is 1.25 bits per heavy atom. The topological polar surface area (TPSA) is 53.5 Å². The summed E-state index contributed by atoms with van der Waals surface area (Å²) in [6, 6.07) is 3.90. The Morgan fingerprint density at radius 3 is 2.75 bits per heavy atom. The highest BCUT2D eigenvalue weighted by atomic mass is 35.5. The van der Waals surface area contributed by atoms with Crippen molar-refractivity contribution in [2.45, 2.75) is 19.3 Å².